The van der Waals surface area contributed by atoms with Crippen molar-refractivity contribution in [1.82, 2.24) is 9.99 Å². The molecular formula is C22H19N3O. The maximum atomic E-state index is 12.4. The van der Waals surface area contributed by atoms with E-state index in [0.717, 1.165) is 32.9 Å². The second kappa shape index (κ2) is 6.48. The molecule has 0 unspecified atom stereocenters. The third-order valence-electron chi connectivity index (χ3n) is 4.82. The van der Waals surface area contributed by atoms with Gasteiger partial charge < -0.3 is 4.57 Å². The number of carbonyl (C=O) groups excluding carboxylic acids is 1. The standard InChI is InChI=1S/C22H19N3O/c1-15-20(19-9-5-6-10-21(19)25(15)2)14-23-24-22(26)18-12-11-16-7-3-4-8-17(16)13-18/h3-14H,1-2H3,(H,24,26)/b23-14-. The summed E-state index contributed by atoms with van der Waals surface area (Å²) in [6.45, 7) is 2.05. The van der Waals surface area contributed by atoms with E-state index in [9.17, 15) is 4.79 Å². The Kier molecular flexibility index (Phi) is 4.01. The predicted octanol–water partition coefficient (Wildman–Crippen LogP) is 4.40. The van der Waals surface area contributed by atoms with Gasteiger partial charge in [0.1, 0.15) is 0 Å². The molecule has 26 heavy (non-hydrogen) atoms. The van der Waals surface area contributed by atoms with Gasteiger partial charge in [0.15, 0.2) is 0 Å². The second-order valence-electron chi connectivity index (χ2n) is 6.34. The molecule has 0 saturated carbocycles. The molecule has 0 atom stereocenters. The highest BCUT2D eigenvalue weighted by Gasteiger charge is 2.10. The van der Waals surface area contributed by atoms with Crippen LogP contribution in [-0.2, 0) is 7.05 Å². The fourth-order valence-electron chi connectivity index (χ4n) is 3.26. The largest absolute Gasteiger partial charge is 0.347 e. The van der Waals surface area contributed by atoms with Crippen molar-refractivity contribution in [3.63, 3.8) is 0 Å². The molecule has 0 aliphatic heterocycles. The summed E-state index contributed by atoms with van der Waals surface area (Å²) in [6, 6.07) is 21.8. The van der Waals surface area contributed by atoms with E-state index in [0.29, 0.717) is 5.56 Å². The summed E-state index contributed by atoms with van der Waals surface area (Å²) in [5.41, 5.74) is 6.50. The Hall–Kier alpha value is -3.40. The number of carbonyl (C=O) groups is 1. The Morgan fingerprint density at radius 3 is 2.58 bits per heavy atom. The number of nitrogens with zero attached hydrogens (tertiary/aromatic N) is 2. The van der Waals surface area contributed by atoms with Gasteiger partial charge in [-0.15, -0.1) is 0 Å². The molecule has 4 heteroatoms. The molecule has 4 nitrogen and oxygen atoms in total. The molecule has 1 aromatic heterocycles. The Morgan fingerprint density at radius 2 is 1.73 bits per heavy atom. The third kappa shape index (κ3) is 2.75. The van der Waals surface area contributed by atoms with Crippen LogP contribution in [0.3, 0.4) is 0 Å². The number of fused-ring (bicyclic) bond motifs is 2. The van der Waals surface area contributed by atoms with Crippen LogP contribution in [0.2, 0.25) is 0 Å². The van der Waals surface area contributed by atoms with Gasteiger partial charge in [0, 0.05) is 34.8 Å². The highest BCUT2D eigenvalue weighted by atomic mass is 16.2. The quantitative estimate of drug-likeness (QED) is 0.436. The molecule has 4 aromatic rings. The van der Waals surface area contributed by atoms with Gasteiger partial charge in [-0.2, -0.15) is 5.10 Å². The Balaban J connectivity index is 1.58. The van der Waals surface area contributed by atoms with Gasteiger partial charge in [-0.05, 0) is 35.9 Å². The van der Waals surface area contributed by atoms with Gasteiger partial charge in [0.2, 0.25) is 0 Å². The van der Waals surface area contributed by atoms with Gasteiger partial charge in [-0.1, -0.05) is 48.5 Å². The van der Waals surface area contributed by atoms with Crippen LogP contribution in [0.25, 0.3) is 21.7 Å². The number of amides is 1. The van der Waals surface area contributed by atoms with E-state index in [1.807, 2.05) is 68.6 Å². The van der Waals surface area contributed by atoms with E-state index in [2.05, 4.69) is 27.2 Å². The molecule has 1 heterocycles. The summed E-state index contributed by atoms with van der Waals surface area (Å²) in [5, 5.41) is 7.45. The summed E-state index contributed by atoms with van der Waals surface area (Å²) in [5.74, 6) is -0.218. The molecule has 128 valence electrons. The van der Waals surface area contributed by atoms with E-state index in [4.69, 9.17) is 0 Å². The van der Waals surface area contributed by atoms with E-state index < -0.39 is 0 Å². The predicted molar refractivity (Wildman–Crippen MR) is 107 cm³/mol. The minimum Gasteiger partial charge on any atom is -0.347 e. The van der Waals surface area contributed by atoms with Crippen LogP contribution in [0.5, 0.6) is 0 Å². The first-order valence-electron chi connectivity index (χ1n) is 8.51. The average molecular weight is 341 g/mol. The lowest BCUT2D eigenvalue weighted by Gasteiger charge is -2.02. The molecule has 0 bridgehead atoms. The highest BCUT2D eigenvalue weighted by molar-refractivity contribution is 6.02. The molecule has 0 spiro atoms. The van der Waals surface area contributed by atoms with Crippen LogP contribution >= 0.6 is 0 Å². The van der Waals surface area contributed by atoms with Crippen LogP contribution in [0.15, 0.2) is 71.8 Å². The average Bonchev–Trinajstić information content (AvgIpc) is 2.92. The van der Waals surface area contributed by atoms with Gasteiger partial charge >= 0.3 is 0 Å². The normalized spacial score (nSPS) is 11.5. The SMILES string of the molecule is Cc1c(/C=N\NC(=O)c2ccc3ccccc3c2)c2ccccc2n1C. The number of benzene rings is 3. The van der Waals surface area contributed by atoms with Crippen molar-refractivity contribution < 1.29 is 4.79 Å². The van der Waals surface area contributed by atoms with E-state index in [1.54, 1.807) is 6.21 Å². The Bertz CT molecular complexity index is 1150. The van der Waals surface area contributed by atoms with E-state index >= 15 is 0 Å². The van der Waals surface area contributed by atoms with Gasteiger partial charge in [0.05, 0.1) is 6.21 Å². The van der Waals surface area contributed by atoms with Crippen molar-refractivity contribution >= 4 is 33.8 Å². The molecule has 0 saturated heterocycles. The number of hydrogen-bond donors (Lipinski definition) is 1. The maximum absolute atomic E-state index is 12.4. The van der Waals surface area contributed by atoms with Gasteiger partial charge in [-0.3, -0.25) is 4.79 Å². The Morgan fingerprint density at radius 1 is 1.00 bits per heavy atom. The number of aryl methyl sites for hydroxylation is 1. The van der Waals surface area contributed by atoms with Crippen LogP contribution in [-0.4, -0.2) is 16.7 Å². The van der Waals surface area contributed by atoms with Crippen LogP contribution < -0.4 is 5.43 Å². The molecule has 0 fully saturated rings. The van der Waals surface area contributed by atoms with Crippen LogP contribution in [0.1, 0.15) is 21.6 Å². The first-order valence-corrected chi connectivity index (χ1v) is 8.51. The first-order chi connectivity index (χ1) is 12.6. The number of hydrazone groups is 1. The summed E-state index contributed by atoms with van der Waals surface area (Å²) >= 11 is 0. The monoisotopic (exact) mass is 341 g/mol. The lowest BCUT2D eigenvalue weighted by Crippen LogP contribution is -2.17. The fourth-order valence-corrected chi connectivity index (χ4v) is 3.26. The molecule has 0 radical (unpaired) electrons. The minimum absolute atomic E-state index is 0.218. The van der Waals surface area contributed by atoms with Crippen molar-refractivity contribution in [2.24, 2.45) is 12.1 Å². The van der Waals surface area contributed by atoms with Crippen LogP contribution in [0.4, 0.5) is 0 Å². The van der Waals surface area contributed by atoms with E-state index in [-0.39, 0.29) is 5.91 Å². The number of hydrogen-bond acceptors (Lipinski definition) is 2. The topological polar surface area (TPSA) is 46.4 Å². The first kappa shape index (κ1) is 16.1. The zero-order valence-electron chi connectivity index (χ0n) is 14.7. The van der Waals surface area contributed by atoms with Crippen molar-refractivity contribution in [2.45, 2.75) is 6.92 Å². The van der Waals surface area contributed by atoms with E-state index in [1.165, 1.54) is 0 Å². The van der Waals surface area contributed by atoms with Crippen molar-refractivity contribution in [2.75, 3.05) is 0 Å². The highest BCUT2D eigenvalue weighted by Crippen LogP contribution is 2.23. The molecule has 4 rings (SSSR count). The third-order valence-corrected chi connectivity index (χ3v) is 4.82. The lowest BCUT2D eigenvalue weighted by molar-refractivity contribution is 0.0955. The number of para-hydroxylation sites is 1. The number of aromatic nitrogens is 1. The van der Waals surface area contributed by atoms with Gasteiger partial charge in [-0.25, -0.2) is 5.43 Å². The van der Waals surface area contributed by atoms with Crippen molar-refractivity contribution in [1.29, 1.82) is 0 Å². The second-order valence-corrected chi connectivity index (χ2v) is 6.34. The van der Waals surface area contributed by atoms with Crippen molar-refractivity contribution in [3.05, 3.63) is 83.6 Å². The lowest BCUT2D eigenvalue weighted by atomic mass is 10.1. The zero-order chi connectivity index (χ0) is 18.1. The number of rotatable bonds is 3. The summed E-state index contributed by atoms with van der Waals surface area (Å²) in [6.07, 6.45) is 1.72. The molecule has 3 aromatic carbocycles. The summed E-state index contributed by atoms with van der Waals surface area (Å²) < 4.78 is 2.13. The van der Waals surface area contributed by atoms with Crippen molar-refractivity contribution in [3.8, 4) is 0 Å². The fraction of sp³-hybridized carbons (Fsp3) is 0.0909. The van der Waals surface area contributed by atoms with Gasteiger partial charge in [0.25, 0.3) is 5.91 Å². The summed E-state index contributed by atoms with van der Waals surface area (Å²) in [7, 11) is 2.03. The molecule has 0 aliphatic carbocycles. The molecule has 1 N–H and O–H groups in total. The van der Waals surface area contributed by atoms with Crippen LogP contribution in [0, 0.1) is 6.92 Å². The molecular weight excluding hydrogens is 322 g/mol. The minimum atomic E-state index is -0.218. The zero-order valence-corrected chi connectivity index (χ0v) is 14.7. The Labute approximate surface area is 151 Å². The summed E-state index contributed by atoms with van der Waals surface area (Å²) in [4.78, 5) is 12.4. The smallest absolute Gasteiger partial charge is 0.271 e. The molecule has 1 amide bonds. The molecule has 0 aliphatic rings. The number of nitrogens with one attached hydrogen (secondary N) is 1. The maximum Gasteiger partial charge on any atom is 0.271 e.